The highest BCUT2D eigenvalue weighted by Crippen LogP contribution is 2.32. The molecule has 0 bridgehead atoms. The van der Waals surface area contributed by atoms with E-state index in [-0.39, 0.29) is 5.91 Å². The first-order valence-electron chi connectivity index (χ1n) is 8.52. The van der Waals surface area contributed by atoms with Gasteiger partial charge in [-0.2, -0.15) is 0 Å². The molecule has 3 rings (SSSR count). The van der Waals surface area contributed by atoms with Gasteiger partial charge in [0.15, 0.2) is 0 Å². The second-order valence-electron chi connectivity index (χ2n) is 6.27. The smallest absolute Gasteiger partial charge is 0.234 e. The van der Waals surface area contributed by atoms with Crippen molar-refractivity contribution in [3.63, 3.8) is 0 Å². The number of benzene rings is 2. The highest BCUT2D eigenvalue weighted by Gasteiger charge is 2.27. The van der Waals surface area contributed by atoms with Crippen LogP contribution in [0.2, 0.25) is 0 Å². The first-order valence-corrected chi connectivity index (χ1v) is 9.32. The number of carbonyl (C=O) groups excluding carboxylic acids is 1. The van der Waals surface area contributed by atoms with E-state index in [1.807, 2.05) is 24.3 Å². The Labute approximate surface area is 152 Å². The molecule has 1 aliphatic rings. The zero-order valence-electron chi connectivity index (χ0n) is 13.7. The van der Waals surface area contributed by atoms with Crippen LogP contribution in [0, 0.1) is 0 Å². The van der Waals surface area contributed by atoms with Crippen molar-refractivity contribution in [2.24, 2.45) is 0 Å². The van der Waals surface area contributed by atoms with Gasteiger partial charge >= 0.3 is 0 Å². The van der Waals surface area contributed by atoms with Crippen LogP contribution in [0.5, 0.6) is 0 Å². The minimum absolute atomic E-state index is 0.118. The highest BCUT2D eigenvalue weighted by molar-refractivity contribution is 9.10. The fourth-order valence-corrected chi connectivity index (χ4v) is 3.75. The maximum atomic E-state index is 12.3. The minimum atomic E-state index is 0.118. The molecular formula is C20H23BrN2O. The van der Waals surface area contributed by atoms with Crippen LogP contribution in [0.1, 0.15) is 30.0 Å². The maximum Gasteiger partial charge on any atom is 0.234 e. The van der Waals surface area contributed by atoms with Gasteiger partial charge in [0, 0.05) is 17.1 Å². The summed E-state index contributed by atoms with van der Waals surface area (Å²) < 4.78 is 1.10. The molecule has 24 heavy (non-hydrogen) atoms. The van der Waals surface area contributed by atoms with E-state index in [9.17, 15) is 4.79 Å². The molecule has 0 saturated carbocycles. The molecule has 1 heterocycles. The van der Waals surface area contributed by atoms with Crippen LogP contribution in [0.25, 0.3) is 0 Å². The third-order valence-electron chi connectivity index (χ3n) is 4.52. The van der Waals surface area contributed by atoms with Crippen LogP contribution in [-0.2, 0) is 11.2 Å². The highest BCUT2D eigenvalue weighted by atomic mass is 79.9. The number of nitrogens with one attached hydrogen (secondary N) is 1. The monoisotopic (exact) mass is 386 g/mol. The molecule has 1 unspecified atom stereocenters. The second kappa shape index (κ2) is 8.45. The van der Waals surface area contributed by atoms with E-state index < -0.39 is 0 Å². The minimum Gasteiger partial charge on any atom is -0.355 e. The first kappa shape index (κ1) is 17.2. The Balaban J connectivity index is 1.50. The van der Waals surface area contributed by atoms with Crippen LogP contribution in [-0.4, -0.2) is 30.4 Å². The Morgan fingerprint density at radius 2 is 2.00 bits per heavy atom. The van der Waals surface area contributed by atoms with Crippen molar-refractivity contribution < 1.29 is 4.79 Å². The number of likely N-dealkylation sites (tertiary alicyclic amines) is 1. The van der Waals surface area contributed by atoms with Crippen molar-refractivity contribution in [1.29, 1.82) is 0 Å². The molecule has 1 N–H and O–H groups in total. The van der Waals surface area contributed by atoms with E-state index >= 15 is 0 Å². The fourth-order valence-electron chi connectivity index (χ4n) is 3.34. The van der Waals surface area contributed by atoms with Crippen molar-refractivity contribution in [2.45, 2.75) is 25.3 Å². The van der Waals surface area contributed by atoms with Gasteiger partial charge < -0.3 is 5.32 Å². The van der Waals surface area contributed by atoms with E-state index in [0.717, 1.165) is 30.3 Å². The zero-order valence-corrected chi connectivity index (χ0v) is 15.3. The van der Waals surface area contributed by atoms with Crippen molar-refractivity contribution in [1.82, 2.24) is 10.2 Å². The molecule has 1 amide bonds. The molecule has 0 radical (unpaired) electrons. The van der Waals surface area contributed by atoms with Crippen molar-refractivity contribution in [3.8, 4) is 0 Å². The molecule has 1 saturated heterocycles. The molecule has 0 aliphatic carbocycles. The van der Waals surface area contributed by atoms with Gasteiger partial charge in [-0.25, -0.2) is 0 Å². The summed E-state index contributed by atoms with van der Waals surface area (Å²) in [6.07, 6.45) is 3.14. The number of carbonyl (C=O) groups is 1. The summed E-state index contributed by atoms with van der Waals surface area (Å²) in [5.41, 5.74) is 2.55. The Morgan fingerprint density at radius 1 is 1.17 bits per heavy atom. The number of amides is 1. The summed E-state index contributed by atoms with van der Waals surface area (Å²) in [5, 5.41) is 3.05. The summed E-state index contributed by atoms with van der Waals surface area (Å²) >= 11 is 3.54. The summed E-state index contributed by atoms with van der Waals surface area (Å²) in [5.74, 6) is 0.118. The van der Waals surface area contributed by atoms with Gasteiger partial charge in [-0.05, 0) is 49.1 Å². The molecule has 2 aromatic rings. The molecule has 2 aromatic carbocycles. The lowest BCUT2D eigenvalue weighted by Gasteiger charge is -2.24. The summed E-state index contributed by atoms with van der Waals surface area (Å²) in [7, 11) is 0. The Morgan fingerprint density at radius 3 is 2.79 bits per heavy atom. The maximum absolute atomic E-state index is 12.3. The van der Waals surface area contributed by atoms with Crippen LogP contribution >= 0.6 is 15.9 Å². The van der Waals surface area contributed by atoms with Crippen LogP contribution in [0.4, 0.5) is 0 Å². The molecule has 1 fully saturated rings. The third-order valence-corrected chi connectivity index (χ3v) is 5.02. The summed E-state index contributed by atoms with van der Waals surface area (Å²) in [6.45, 7) is 2.16. The van der Waals surface area contributed by atoms with Gasteiger partial charge in [-0.15, -0.1) is 0 Å². The number of hydrogen-bond acceptors (Lipinski definition) is 2. The predicted molar refractivity (Wildman–Crippen MR) is 101 cm³/mol. The molecular weight excluding hydrogens is 364 g/mol. The summed E-state index contributed by atoms with van der Waals surface area (Å²) in [4.78, 5) is 14.6. The van der Waals surface area contributed by atoms with Crippen LogP contribution in [0.15, 0.2) is 59.1 Å². The lowest BCUT2D eigenvalue weighted by molar-refractivity contribution is -0.122. The Hall–Kier alpha value is -1.65. The SMILES string of the molecule is O=C(CN1CCCC1c1cccc(Br)c1)NCCc1ccccc1. The van der Waals surface area contributed by atoms with Gasteiger partial charge in [0.05, 0.1) is 6.54 Å². The number of nitrogens with zero attached hydrogens (tertiary/aromatic N) is 1. The number of rotatable bonds is 6. The summed E-state index contributed by atoms with van der Waals surface area (Å²) in [6, 6.07) is 19.0. The van der Waals surface area contributed by atoms with E-state index in [0.29, 0.717) is 19.1 Å². The van der Waals surface area contributed by atoms with Gasteiger partial charge in [-0.3, -0.25) is 9.69 Å². The molecule has 0 aromatic heterocycles. The van der Waals surface area contributed by atoms with E-state index in [2.05, 4.69) is 56.5 Å². The Bertz CT molecular complexity index is 674. The fraction of sp³-hybridized carbons (Fsp3) is 0.350. The molecule has 1 aliphatic heterocycles. The predicted octanol–water partition coefficient (Wildman–Crippen LogP) is 3.94. The molecule has 126 valence electrons. The Kier molecular flexibility index (Phi) is 6.05. The van der Waals surface area contributed by atoms with Crippen molar-refractivity contribution >= 4 is 21.8 Å². The number of hydrogen-bond donors (Lipinski definition) is 1. The van der Waals surface area contributed by atoms with E-state index in [4.69, 9.17) is 0 Å². The average Bonchev–Trinajstić information content (AvgIpc) is 3.04. The van der Waals surface area contributed by atoms with Gasteiger partial charge in [-0.1, -0.05) is 58.4 Å². The molecule has 0 spiro atoms. The quantitative estimate of drug-likeness (QED) is 0.814. The van der Waals surface area contributed by atoms with Gasteiger partial charge in [0.2, 0.25) is 5.91 Å². The molecule has 3 nitrogen and oxygen atoms in total. The van der Waals surface area contributed by atoms with Crippen LogP contribution in [0.3, 0.4) is 0 Å². The zero-order chi connectivity index (χ0) is 16.8. The standard InChI is InChI=1S/C20H23BrN2O/c21-18-9-4-8-17(14-18)19-10-5-13-23(19)15-20(24)22-12-11-16-6-2-1-3-7-16/h1-4,6-9,14,19H,5,10-13,15H2,(H,22,24). The third kappa shape index (κ3) is 4.68. The number of halogens is 1. The van der Waals surface area contributed by atoms with E-state index in [1.165, 1.54) is 11.1 Å². The second-order valence-corrected chi connectivity index (χ2v) is 7.18. The normalized spacial score (nSPS) is 17.8. The lowest BCUT2D eigenvalue weighted by Crippen LogP contribution is -2.37. The topological polar surface area (TPSA) is 32.3 Å². The largest absolute Gasteiger partial charge is 0.355 e. The van der Waals surface area contributed by atoms with Gasteiger partial charge in [0.1, 0.15) is 0 Å². The van der Waals surface area contributed by atoms with Crippen molar-refractivity contribution in [2.75, 3.05) is 19.6 Å². The first-order chi connectivity index (χ1) is 11.7. The van der Waals surface area contributed by atoms with Gasteiger partial charge in [0.25, 0.3) is 0 Å². The molecule has 4 heteroatoms. The lowest BCUT2D eigenvalue weighted by atomic mass is 10.0. The molecule has 1 atom stereocenters. The van der Waals surface area contributed by atoms with E-state index in [1.54, 1.807) is 0 Å². The van der Waals surface area contributed by atoms with Crippen LogP contribution < -0.4 is 5.32 Å². The average molecular weight is 387 g/mol. The van der Waals surface area contributed by atoms with Crippen molar-refractivity contribution in [3.05, 3.63) is 70.2 Å².